The van der Waals surface area contributed by atoms with E-state index in [0.717, 1.165) is 65.7 Å². The van der Waals surface area contributed by atoms with Gasteiger partial charge < -0.3 is 9.47 Å². The maximum atomic E-state index is 5.56. The minimum atomic E-state index is 0.831. The highest BCUT2D eigenvalue weighted by atomic mass is 16.5. The monoisotopic (exact) mass is 452 g/mol. The molecule has 0 radical (unpaired) electrons. The van der Waals surface area contributed by atoms with Crippen LogP contribution in [0.25, 0.3) is 32.7 Å². The molecule has 6 rings (SSSR count). The van der Waals surface area contributed by atoms with Crippen molar-refractivity contribution < 1.29 is 9.47 Å². The molecule has 2 fully saturated rings. The Bertz CT molecular complexity index is 1270. The molecule has 0 atom stereocenters. The van der Waals surface area contributed by atoms with Crippen molar-refractivity contribution in [1.82, 2.24) is 9.80 Å². The number of hydrogen-bond donors (Lipinski definition) is 0. The maximum Gasteiger partial charge on any atom is 0.0594 e. The number of hydrogen-bond acceptors (Lipinski definition) is 4. The van der Waals surface area contributed by atoms with Crippen LogP contribution in [0, 0.1) is 0 Å². The molecule has 2 aliphatic rings. The third-order valence-electron chi connectivity index (χ3n) is 7.24. The highest BCUT2D eigenvalue weighted by Crippen LogP contribution is 2.33. The van der Waals surface area contributed by atoms with Gasteiger partial charge in [0.1, 0.15) is 0 Å². The van der Waals surface area contributed by atoms with E-state index in [4.69, 9.17) is 9.47 Å². The molecular formula is C30H32N2O2. The molecule has 0 aromatic heterocycles. The van der Waals surface area contributed by atoms with E-state index in [2.05, 4.69) is 82.6 Å². The number of nitrogens with zero attached hydrogens (tertiary/aromatic N) is 2. The average molecular weight is 453 g/mol. The molecule has 174 valence electrons. The summed E-state index contributed by atoms with van der Waals surface area (Å²) in [6, 6.07) is 27.3. The van der Waals surface area contributed by atoms with Crippen LogP contribution in [0.3, 0.4) is 0 Å². The van der Waals surface area contributed by atoms with E-state index in [9.17, 15) is 0 Å². The molecule has 0 bridgehead atoms. The third kappa shape index (κ3) is 4.59. The molecular weight excluding hydrogens is 420 g/mol. The highest BCUT2D eigenvalue weighted by Gasteiger charge is 2.15. The van der Waals surface area contributed by atoms with Crippen molar-refractivity contribution in [2.75, 3.05) is 52.6 Å². The van der Waals surface area contributed by atoms with Gasteiger partial charge in [0, 0.05) is 39.3 Å². The Labute approximate surface area is 201 Å². The van der Waals surface area contributed by atoms with E-state index >= 15 is 0 Å². The van der Waals surface area contributed by atoms with Crippen molar-refractivity contribution in [2.24, 2.45) is 0 Å². The predicted molar refractivity (Wildman–Crippen MR) is 139 cm³/mol. The van der Waals surface area contributed by atoms with Gasteiger partial charge in [0.15, 0.2) is 0 Å². The third-order valence-corrected chi connectivity index (χ3v) is 7.24. The van der Waals surface area contributed by atoms with Gasteiger partial charge in [-0.25, -0.2) is 0 Å². The van der Waals surface area contributed by atoms with E-state index in [1.54, 1.807) is 0 Å². The summed E-state index contributed by atoms with van der Waals surface area (Å²) >= 11 is 0. The fraction of sp³-hybridized carbons (Fsp3) is 0.333. The van der Waals surface area contributed by atoms with Crippen LogP contribution in [-0.2, 0) is 22.6 Å². The van der Waals surface area contributed by atoms with Crippen LogP contribution in [0.2, 0.25) is 0 Å². The number of morpholine rings is 2. The number of benzene rings is 4. The molecule has 34 heavy (non-hydrogen) atoms. The number of ether oxygens (including phenoxy) is 2. The summed E-state index contributed by atoms with van der Waals surface area (Å²) in [7, 11) is 0. The molecule has 0 N–H and O–H groups in total. The first kappa shape index (κ1) is 21.8. The maximum absolute atomic E-state index is 5.56. The van der Waals surface area contributed by atoms with E-state index in [-0.39, 0.29) is 0 Å². The standard InChI is InChI=1S/C30H32N2O2/c1-2-4-28-26(3-1)19-27(22-32-13-17-34-18-14-32)29-10-9-25(20-30(28)29)24-7-5-23(6-8-24)21-31-11-15-33-16-12-31/h1-10,19-20H,11-18,21-22H2. The van der Waals surface area contributed by atoms with Gasteiger partial charge in [-0.3, -0.25) is 9.80 Å². The lowest BCUT2D eigenvalue weighted by Gasteiger charge is -2.27. The summed E-state index contributed by atoms with van der Waals surface area (Å²) < 4.78 is 11.0. The van der Waals surface area contributed by atoms with E-state index in [1.165, 1.54) is 43.8 Å². The Morgan fingerprint density at radius 3 is 1.94 bits per heavy atom. The van der Waals surface area contributed by atoms with Crippen molar-refractivity contribution in [1.29, 1.82) is 0 Å². The second-order valence-corrected chi connectivity index (χ2v) is 9.49. The first-order valence-electron chi connectivity index (χ1n) is 12.5. The molecule has 0 aliphatic carbocycles. The van der Waals surface area contributed by atoms with Crippen molar-refractivity contribution in [2.45, 2.75) is 13.1 Å². The molecule has 4 aromatic carbocycles. The summed E-state index contributed by atoms with van der Waals surface area (Å²) in [5.41, 5.74) is 5.32. The molecule has 4 heteroatoms. The van der Waals surface area contributed by atoms with Crippen LogP contribution in [0.15, 0.2) is 72.8 Å². The minimum absolute atomic E-state index is 0.831. The van der Waals surface area contributed by atoms with Crippen molar-refractivity contribution >= 4 is 21.5 Å². The van der Waals surface area contributed by atoms with Crippen molar-refractivity contribution in [3.05, 3.63) is 83.9 Å². The van der Waals surface area contributed by atoms with Gasteiger partial charge in [0.05, 0.1) is 26.4 Å². The molecule has 0 unspecified atom stereocenters. The first-order valence-corrected chi connectivity index (χ1v) is 12.5. The second-order valence-electron chi connectivity index (χ2n) is 9.49. The van der Waals surface area contributed by atoms with E-state index < -0.39 is 0 Å². The Morgan fingerprint density at radius 1 is 0.559 bits per heavy atom. The lowest BCUT2D eigenvalue weighted by molar-refractivity contribution is 0.0342. The predicted octanol–water partition coefficient (Wildman–Crippen LogP) is 5.32. The summed E-state index contributed by atoms with van der Waals surface area (Å²) in [5.74, 6) is 0. The lowest BCUT2D eigenvalue weighted by atomic mass is 9.93. The molecule has 0 spiro atoms. The van der Waals surface area contributed by atoms with Crippen LogP contribution in [0.1, 0.15) is 11.1 Å². The normalized spacial score (nSPS) is 18.0. The average Bonchev–Trinajstić information content (AvgIpc) is 2.90. The second kappa shape index (κ2) is 9.85. The van der Waals surface area contributed by atoms with Crippen LogP contribution in [0.4, 0.5) is 0 Å². The highest BCUT2D eigenvalue weighted by molar-refractivity contribution is 6.10. The molecule has 4 aromatic rings. The fourth-order valence-electron chi connectivity index (χ4n) is 5.31. The number of fused-ring (bicyclic) bond motifs is 3. The summed E-state index contributed by atoms with van der Waals surface area (Å²) in [6.07, 6.45) is 0. The van der Waals surface area contributed by atoms with Gasteiger partial charge in [-0.05, 0) is 55.9 Å². The number of rotatable bonds is 5. The lowest BCUT2D eigenvalue weighted by Crippen LogP contribution is -2.35. The smallest absolute Gasteiger partial charge is 0.0594 e. The van der Waals surface area contributed by atoms with Gasteiger partial charge in [0.25, 0.3) is 0 Å². The zero-order chi connectivity index (χ0) is 22.7. The van der Waals surface area contributed by atoms with E-state index in [0.29, 0.717) is 0 Å². The van der Waals surface area contributed by atoms with Gasteiger partial charge in [0.2, 0.25) is 0 Å². The molecule has 0 amide bonds. The Morgan fingerprint density at radius 2 is 1.21 bits per heavy atom. The van der Waals surface area contributed by atoms with Gasteiger partial charge >= 0.3 is 0 Å². The van der Waals surface area contributed by atoms with Gasteiger partial charge in [-0.1, -0.05) is 60.7 Å². The Hall–Kier alpha value is -2.76. The topological polar surface area (TPSA) is 24.9 Å². The van der Waals surface area contributed by atoms with Gasteiger partial charge in [-0.15, -0.1) is 0 Å². The van der Waals surface area contributed by atoms with E-state index in [1.807, 2.05) is 0 Å². The van der Waals surface area contributed by atoms with Crippen LogP contribution >= 0.6 is 0 Å². The molecule has 4 nitrogen and oxygen atoms in total. The Balaban J connectivity index is 1.33. The molecule has 2 saturated heterocycles. The summed E-state index contributed by atoms with van der Waals surface area (Å²) in [6.45, 7) is 9.36. The summed E-state index contributed by atoms with van der Waals surface area (Å²) in [4.78, 5) is 4.98. The summed E-state index contributed by atoms with van der Waals surface area (Å²) in [5, 5.41) is 5.35. The first-order chi connectivity index (χ1) is 16.8. The zero-order valence-corrected chi connectivity index (χ0v) is 19.7. The largest absolute Gasteiger partial charge is 0.379 e. The SMILES string of the molecule is c1ccc2c(c1)cc(CN1CCOCC1)c1ccc(-c3ccc(CN4CCOCC4)cc3)cc12. The fourth-order valence-corrected chi connectivity index (χ4v) is 5.31. The van der Waals surface area contributed by atoms with Crippen LogP contribution < -0.4 is 0 Å². The molecule has 2 aliphatic heterocycles. The van der Waals surface area contributed by atoms with Crippen LogP contribution in [-0.4, -0.2) is 62.4 Å². The Kier molecular flexibility index (Phi) is 6.30. The van der Waals surface area contributed by atoms with Crippen molar-refractivity contribution in [3.8, 4) is 11.1 Å². The minimum Gasteiger partial charge on any atom is -0.379 e. The molecule has 0 saturated carbocycles. The molecule has 2 heterocycles. The quantitative estimate of drug-likeness (QED) is 0.383. The van der Waals surface area contributed by atoms with Gasteiger partial charge in [-0.2, -0.15) is 0 Å². The zero-order valence-electron chi connectivity index (χ0n) is 19.7. The van der Waals surface area contributed by atoms with Crippen molar-refractivity contribution in [3.63, 3.8) is 0 Å². The van der Waals surface area contributed by atoms with Crippen LogP contribution in [0.5, 0.6) is 0 Å².